The number of benzene rings is 1. The molecule has 0 saturated heterocycles. The van der Waals surface area contributed by atoms with E-state index in [-0.39, 0.29) is 17.9 Å². The van der Waals surface area contributed by atoms with Crippen molar-refractivity contribution in [3.63, 3.8) is 0 Å². The van der Waals surface area contributed by atoms with E-state index in [1.807, 2.05) is 19.9 Å². The van der Waals surface area contributed by atoms with Gasteiger partial charge < -0.3 is 11.1 Å². The first-order valence-corrected chi connectivity index (χ1v) is 7.00. The lowest BCUT2D eigenvalue weighted by atomic mass is 9.98. The zero-order valence-corrected chi connectivity index (χ0v) is 12.7. The minimum atomic E-state index is -0.340. The Labute approximate surface area is 122 Å². The number of nitrogens with two attached hydrogens (primary N) is 1. The number of hydrogen-bond donors (Lipinski definition) is 2. The molecule has 0 heterocycles. The summed E-state index contributed by atoms with van der Waals surface area (Å²) in [7, 11) is 0. The Kier molecular flexibility index (Phi) is 6.00. The molecule has 0 radical (unpaired) electrons. The molecule has 0 aliphatic carbocycles. The van der Waals surface area contributed by atoms with Crippen molar-refractivity contribution in [2.24, 2.45) is 11.7 Å². The minimum absolute atomic E-state index is 0.189. The third kappa shape index (κ3) is 4.34. The highest BCUT2D eigenvalue weighted by Gasteiger charge is 2.20. The maximum Gasteiger partial charge on any atom is 0.234 e. The molecule has 19 heavy (non-hydrogen) atoms. The van der Waals surface area contributed by atoms with Crippen molar-refractivity contribution in [1.82, 2.24) is 5.32 Å². The summed E-state index contributed by atoms with van der Waals surface area (Å²) in [4.78, 5) is 11.4. The molecule has 1 rings (SSSR count). The summed E-state index contributed by atoms with van der Waals surface area (Å²) < 4.78 is 0.853. The highest BCUT2D eigenvalue weighted by atomic mass is 79.9. The lowest BCUT2D eigenvalue weighted by Gasteiger charge is -2.21. The van der Waals surface area contributed by atoms with Crippen LogP contribution in [0.2, 0.25) is 0 Å². The van der Waals surface area contributed by atoms with Crippen LogP contribution in [0.25, 0.3) is 0 Å². The van der Waals surface area contributed by atoms with Gasteiger partial charge in [0.2, 0.25) is 5.91 Å². The molecule has 5 heteroatoms. The number of carbonyl (C=O) groups is 1. The van der Waals surface area contributed by atoms with E-state index in [1.165, 1.54) is 0 Å². The van der Waals surface area contributed by atoms with E-state index >= 15 is 0 Å². The molecule has 0 saturated carbocycles. The first kappa shape index (κ1) is 15.7. The number of nitrogens with zero attached hydrogens (tertiary/aromatic N) is 1. The van der Waals surface area contributed by atoms with Gasteiger partial charge in [-0.2, -0.15) is 5.26 Å². The van der Waals surface area contributed by atoms with Gasteiger partial charge in [-0.1, -0.05) is 42.3 Å². The van der Waals surface area contributed by atoms with E-state index in [4.69, 9.17) is 11.0 Å². The van der Waals surface area contributed by atoms with Gasteiger partial charge in [0.1, 0.15) is 0 Å². The fourth-order valence-corrected chi connectivity index (χ4v) is 2.32. The number of nitrogens with one attached hydrogen (secondary N) is 1. The Balaban J connectivity index is 2.75. The summed E-state index contributed by atoms with van der Waals surface area (Å²) in [6.45, 7) is 4.56. The van der Waals surface area contributed by atoms with Crippen molar-refractivity contribution in [3.05, 3.63) is 33.8 Å². The van der Waals surface area contributed by atoms with Gasteiger partial charge in [-0.3, -0.25) is 4.79 Å². The van der Waals surface area contributed by atoms with Gasteiger partial charge in [-0.25, -0.2) is 0 Å². The molecule has 1 aromatic carbocycles. The molecule has 0 aromatic heterocycles. The molecule has 3 N–H and O–H groups in total. The van der Waals surface area contributed by atoms with Crippen molar-refractivity contribution in [2.45, 2.75) is 32.9 Å². The van der Waals surface area contributed by atoms with Crippen LogP contribution in [-0.4, -0.2) is 11.9 Å². The summed E-state index contributed by atoms with van der Waals surface area (Å²) in [5, 5.41) is 12.0. The molecule has 0 fully saturated rings. The Bertz CT molecular complexity index is 496. The van der Waals surface area contributed by atoms with Crippen molar-refractivity contribution < 1.29 is 4.79 Å². The molecule has 0 bridgehead atoms. The zero-order chi connectivity index (χ0) is 14.4. The van der Waals surface area contributed by atoms with Crippen LogP contribution in [0.15, 0.2) is 22.7 Å². The predicted octanol–water partition coefficient (Wildman–Crippen LogP) is 2.31. The molecular formula is C14H18BrN3O. The van der Waals surface area contributed by atoms with E-state index in [0.717, 1.165) is 16.5 Å². The molecular weight excluding hydrogens is 306 g/mol. The van der Waals surface area contributed by atoms with Crippen LogP contribution in [0.5, 0.6) is 0 Å². The second kappa shape index (κ2) is 7.27. The van der Waals surface area contributed by atoms with Crippen LogP contribution >= 0.6 is 15.9 Å². The largest absolute Gasteiger partial charge is 0.368 e. The summed E-state index contributed by atoms with van der Waals surface area (Å²) in [6.07, 6.45) is 0.884. The number of halogens is 1. The fraction of sp³-hybridized carbons (Fsp3) is 0.429. The first-order valence-electron chi connectivity index (χ1n) is 6.20. The Morgan fingerprint density at radius 2 is 2.26 bits per heavy atom. The molecule has 4 nitrogen and oxygen atoms in total. The summed E-state index contributed by atoms with van der Waals surface area (Å²) in [5.41, 5.74) is 7.00. The van der Waals surface area contributed by atoms with Gasteiger partial charge in [0.05, 0.1) is 17.7 Å². The molecule has 0 aliphatic rings. The smallest absolute Gasteiger partial charge is 0.234 e. The summed E-state index contributed by atoms with van der Waals surface area (Å²) in [6, 6.07) is 7.12. The monoisotopic (exact) mass is 323 g/mol. The van der Waals surface area contributed by atoms with Gasteiger partial charge in [-0.05, 0) is 23.6 Å². The quantitative estimate of drug-likeness (QED) is 0.843. The number of amides is 1. The fourth-order valence-electron chi connectivity index (χ4n) is 1.80. The van der Waals surface area contributed by atoms with Crippen molar-refractivity contribution >= 4 is 21.8 Å². The number of primary amides is 1. The second-order valence-electron chi connectivity index (χ2n) is 4.56. The molecule has 0 aliphatic heterocycles. The number of rotatable bonds is 6. The van der Waals surface area contributed by atoms with E-state index in [1.54, 1.807) is 12.1 Å². The third-order valence-electron chi connectivity index (χ3n) is 3.21. The molecule has 0 unspecified atom stereocenters. The van der Waals surface area contributed by atoms with Crippen LogP contribution in [0.1, 0.15) is 31.4 Å². The van der Waals surface area contributed by atoms with Crippen molar-refractivity contribution in [3.8, 4) is 6.07 Å². The van der Waals surface area contributed by atoms with E-state index in [0.29, 0.717) is 12.1 Å². The number of nitriles is 1. The Morgan fingerprint density at radius 3 is 2.74 bits per heavy atom. The standard InChI is InChI=1S/C14H18BrN3O/c1-3-9(2)13(14(17)19)18-8-11-5-4-10(7-16)6-12(11)15/h4-6,9,13,18H,3,8H2,1-2H3,(H2,17,19)/t9-,13+/m1/s1. The van der Waals surface area contributed by atoms with Gasteiger partial charge in [0.15, 0.2) is 0 Å². The maximum atomic E-state index is 11.4. The van der Waals surface area contributed by atoms with E-state index in [9.17, 15) is 4.79 Å². The lowest BCUT2D eigenvalue weighted by Crippen LogP contribution is -2.45. The first-order chi connectivity index (χ1) is 8.99. The Hall–Kier alpha value is -1.38. The Morgan fingerprint density at radius 1 is 1.58 bits per heavy atom. The molecule has 0 spiro atoms. The van der Waals surface area contributed by atoms with Crippen LogP contribution in [-0.2, 0) is 11.3 Å². The van der Waals surface area contributed by atoms with Gasteiger partial charge in [0.25, 0.3) is 0 Å². The third-order valence-corrected chi connectivity index (χ3v) is 3.95. The molecule has 1 aromatic rings. The minimum Gasteiger partial charge on any atom is -0.368 e. The van der Waals surface area contributed by atoms with E-state index < -0.39 is 0 Å². The molecule has 2 atom stereocenters. The average Bonchev–Trinajstić information content (AvgIpc) is 2.39. The van der Waals surface area contributed by atoms with Crippen LogP contribution in [0, 0.1) is 17.2 Å². The SMILES string of the molecule is CC[C@@H](C)[C@H](NCc1ccc(C#N)cc1Br)C(N)=O. The normalized spacial score (nSPS) is 13.6. The van der Waals surface area contributed by atoms with Gasteiger partial charge >= 0.3 is 0 Å². The van der Waals surface area contributed by atoms with Gasteiger partial charge in [0, 0.05) is 11.0 Å². The predicted molar refractivity (Wildman–Crippen MR) is 78.1 cm³/mol. The maximum absolute atomic E-state index is 11.4. The summed E-state index contributed by atoms with van der Waals surface area (Å²) >= 11 is 3.42. The highest BCUT2D eigenvalue weighted by Crippen LogP contribution is 2.19. The molecule has 102 valence electrons. The number of carbonyl (C=O) groups excluding carboxylic acids is 1. The van der Waals surface area contributed by atoms with E-state index in [2.05, 4.69) is 27.3 Å². The number of hydrogen-bond acceptors (Lipinski definition) is 3. The topological polar surface area (TPSA) is 78.9 Å². The van der Waals surface area contributed by atoms with Crippen LogP contribution < -0.4 is 11.1 Å². The van der Waals surface area contributed by atoms with Gasteiger partial charge in [-0.15, -0.1) is 0 Å². The van der Waals surface area contributed by atoms with Crippen LogP contribution in [0.4, 0.5) is 0 Å². The van der Waals surface area contributed by atoms with Crippen molar-refractivity contribution in [1.29, 1.82) is 5.26 Å². The zero-order valence-electron chi connectivity index (χ0n) is 11.1. The molecule has 1 amide bonds. The average molecular weight is 324 g/mol. The van der Waals surface area contributed by atoms with Crippen LogP contribution in [0.3, 0.4) is 0 Å². The second-order valence-corrected chi connectivity index (χ2v) is 5.42. The highest BCUT2D eigenvalue weighted by molar-refractivity contribution is 9.10. The summed E-state index contributed by atoms with van der Waals surface area (Å²) in [5.74, 6) is -0.145. The van der Waals surface area contributed by atoms with Crippen molar-refractivity contribution in [2.75, 3.05) is 0 Å². The lowest BCUT2D eigenvalue weighted by molar-refractivity contribution is -0.121.